The number of ether oxygens (including phenoxy) is 1. The van der Waals surface area contributed by atoms with E-state index >= 15 is 0 Å². The molecule has 2 rings (SSSR count). The second-order valence-electron chi connectivity index (χ2n) is 5.52. The van der Waals surface area contributed by atoms with Crippen LogP contribution in [0.5, 0.6) is 0 Å². The highest BCUT2D eigenvalue weighted by Crippen LogP contribution is 2.24. The Kier molecular flexibility index (Phi) is 10.8. The average molecular weight is 681 g/mol. The molecule has 2 aromatic rings. The number of carboxylic acids is 1. The number of nitrogens with zero attached hydrogens (tertiary/aromatic N) is 1. The van der Waals surface area contributed by atoms with Gasteiger partial charge in [0.25, 0.3) is 0 Å². The summed E-state index contributed by atoms with van der Waals surface area (Å²) >= 11 is 3.20. The first kappa shape index (κ1) is 27.6. The highest BCUT2D eigenvalue weighted by molar-refractivity contribution is 14.1. The number of benzene rings is 2. The first-order valence-corrected chi connectivity index (χ1v) is 10.4. The van der Waals surface area contributed by atoms with E-state index in [0.29, 0.717) is 18.3 Å². The van der Waals surface area contributed by atoms with Gasteiger partial charge in [0.05, 0.1) is 23.9 Å². The highest BCUT2D eigenvalue weighted by Gasteiger charge is 2.20. The van der Waals surface area contributed by atoms with Crippen LogP contribution in [0.25, 0.3) is 5.76 Å². The molecule has 0 fully saturated rings. The zero-order valence-corrected chi connectivity index (χ0v) is 20.2. The minimum absolute atomic E-state index is 0.0122. The second-order valence-corrected chi connectivity index (χ2v) is 7.85. The zero-order chi connectivity index (χ0) is 24.6. The fourth-order valence-corrected chi connectivity index (χ4v) is 2.95. The van der Waals surface area contributed by atoms with Gasteiger partial charge >= 0.3 is 11.9 Å². The number of carbonyl (C=O) groups is 2. The van der Waals surface area contributed by atoms with Gasteiger partial charge < -0.3 is 20.2 Å². The van der Waals surface area contributed by atoms with E-state index in [4.69, 9.17) is 10.3 Å². The van der Waals surface area contributed by atoms with Gasteiger partial charge in [-0.05, 0) is 64.2 Å². The summed E-state index contributed by atoms with van der Waals surface area (Å²) < 4.78 is 56.8. The molecular weight excluding hydrogens is 668 g/mol. The van der Waals surface area contributed by atoms with Crippen LogP contribution in [0.4, 0.5) is 17.6 Å². The van der Waals surface area contributed by atoms with E-state index in [-0.39, 0.29) is 13.7 Å². The van der Waals surface area contributed by atoms with Gasteiger partial charge in [0, 0.05) is 19.3 Å². The van der Waals surface area contributed by atoms with Gasteiger partial charge in [-0.2, -0.15) is 0 Å². The predicted molar refractivity (Wildman–Crippen MR) is 122 cm³/mol. The standard InChI is InChI=1S/C12H10F2INO4.C7H3F2IO2/c1-2-20-12(18)7(5-16-19)11(17)6-3-10(15)9(14)4-8(6)13;8-4-2-5(9)6(10)1-3(4)7(11)12/h3-5,17,19H,2H2,1H3;1-2H,(H,11,12). The summed E-state index contributed by atoms with van der Waals surface area (Å²) in [6.07, 6.45) is 0.614. The number of halogens is 6. The van der Waals surface area contributed by atoms with Gasteiger partial charge in [-0.25, -0.2) is 27.2 Å². The van der Waals surface area contributed by atoms with Crippen LogP contribution in [0.1, 0.15) is 22.8 Å². The molecule has 0 atom stereocenters. The van der Waals surface area contributed by atoms with Crippen LogP contribution in [0, 0.1) is 30.4 Å². The van der Waals surface area contributed by atoms with E-state index in [0.717, 1.165) is 12.1 Å². The zero-order valence-electron chi connectivity index (χ0n) is 15.9. The van der Waals surface area contributed by atoms with Crippen molar-refractivity contribution in [1.82, 2.24) is 0 Å². The molecule has 32 heavy (non-hydrogen) atoms. The first-order chi connectivity index (χ1) is 14.9. The lowest BCUT2D eigenvalue weighted by Crippen LogP contribution is -2.12. The van der Waals surface area contributed by atoms with Crippen LogP contribution in [0.2, 0.25) is 0 Å². The van der Waals surface area contributed by atoms with Gasteiger partial charge in [-0.3, -0.25) is 0 Å². The number of aliphatic hydroxyl groups excluding tert-OH is 1. The van der Waals surface area contributed by atoms with E-state index in [1.807, 2.05) is 0 Å². The molecule has 13 heteroatoms. The van der Waals surface area contributed by atoms with Crippen LogP contribution in [-0.4, -0.2) is 40.2 Å². The lowest BCUT2D eigenvalue weighted by atomic mass is 10.1. The molecule has 0 aromatic heterocycles. The maximum Gasteiger partial charge on any atom is 0.343 e. The molecule has 0 heterocycles. The van der Waals surface area contributed by atoms with E-state index in [2.05, 4.69) is 9.89 Å². The minimum Gasteiger partial charge on any atom is -0.506 e. The van der Waals surface area contributed by atoms with Gasteiger partial charge in [0.2, 0.25) is 0 Å². The van der Waals surface area contributed by atoms with Crippen molar-refractivity contribution < 1.29 is 47.3 Å². The smallest absolute Gasteiger partial charge is 0.343 e. The number of carboxylic acid groups (broad SMARTS) is 1. The molecule has 0 amide bonds. The average Bonchev–Trinajstić information content (AvgIpc) is 2.71. The Bertz CT molecular complexity index is 1090. The Hall–Kier alpha value is -2.43. The number of carbonyl (C=O) groups excluding carboxylic acids is 1. The third kappa shape index (κ3) is 7.32. The van der Waals surface area contributed by atoms with Gasteiger partial charge in [0.1, 0.15) is 34.6 Å². The van der Waals surface area contributed by atoms with Crippen molar-refractivity contribution in [3.05, 3.63) is 71.4 Å². The molecule has 0 bridgehead atoms. The number of aliphatic hydroxyl groups is 1. The van der Waals surface area contributed by atoms with Gasteiger partial charge in [0.15, 0.2) is 0 Å². The second kappa shape index (κ2) is 12.6. The van der Waals surface area contributed by atoms with E-state index in [1.54, 1.807) is 45.2 Å². The van der Waals surface area contributed by atoms with Crippen LogP contribution in [-0.2, 0) is 9.53 Å². The molecule has 0 radical (unpaired) electrons. The Labute approximate surface area is 205 Å². The van der Waals surface area contributed by atoms with Crippen molar-refractivity contribution in [3.8, 4) is 0 Å². The van der Waals surface area contributed by atoms with E-state index < -0.39 is 57.7 Å². The number of oxime groups is 1. The Balaban J connectivity index is 0.000000363. The molecule has 7 nitrogen and oxygen atoms in total. The van der Waals surface area contributed by atoms with Crippen LogP contribution >= 0.6 is 45.2 Å². The summed E-state index contributed by atoms with van der Waals surface area (Å²) in [7, 11) is 0. The largest absolute Gasteiger partial charge is 0.506 e. The molecular formula is C19H13F4I2NO6. The van der Waals surface area contributed by atoms with Gasteiger partial charge in [-0.15, -0.1) is 0 Å². The van der Waals surface area contributed by atoms with Crippen molar-refractivity contribution in [2.45, 2.75) is 6.92 Å². The molecule has 0 saturated heterocycles. The summed E-state index contributed by atoms with van der Waals surface area (Å²) in [5, 5.41) is 29.4. The molecule has 0 unspecified atom stereocenters. The van der Waals surface area contributed by atoms with Crippen molar-refractivity contribution >= 4 is 69.1 Å². The summed E-state index contributed by atoms with van der Waals surface area (Å²) in [4.78, 5) is 21.9. The number of hydrogen-bond donors (Lipinski definition) is 3. The summed E-state index contributed by atoms with van der Waals surface area (Å²) in [6, 6.07) is 3.11. The lowest BCUT2D eigenvalue weighted by Gasteiger charge is -2.08. The van der Waals surface area contributed by atoms with Crippen LogP contribution < -0.4 is 0 Å². The number of hydrogen-bond acceptors (Lipinski definition) is 6. The molecule has 3 N–H and O–H groups in total. The molecule has 0 aliphatic heterocycles. The van der Waals surface area contributed by atoms with Gasteiger partial charge in [-0.1, -0.05) is 5.16 Å². The fraction of sp³-hybridized carbons (Fsp3) is 0.105. The quantitative estimate of drug-likeness (QED) is 0.0465. The molecule has 0 saturated carbocycles. The fourth-order valence-electron chi connectivity index (χ4n) is 2.01. The van der Waals surface area contributed by atoms with E-state index in [1.165, 1.54) is 6.92 Å². The molecule has 0 spiro atoms. The predicted octanol–water partition coefficient (Wildman–Crippen LogP) is 5.13. The molecule has 0 aliphatic carbocycles. The Morgan fingerprint density at radius 2 is 1.41 bits per heavy atom. The first-order valence-electron chi connectivity index (χ1n) is 8.25. The topological polar surface area (TPSA) is 116 Å². The third-order valence-corrected chi connectivity index (χ3v) is 5.10. The van der Waals surface area contributed by atoms with Crippen molar-refractivity contribution in [2.24, 2.45) is 5.16 Å². The number of rotatable bonds is 5. The molecule has 0 aliphatic rings. The minimum atomic E-state index is -1.40. The molecule has 172 valence electrons. The lowest BCUT2D eigenvalue weighted by molar-refractivity contribution is -0.137. The summed E-state index contributed by atoms with van der Waals surface area (Å²) in [6.45, 7) is 1.54. The number of esters is 1. The summed E-state index contributed by atoms with van der Waals surface area (Å²) in [5.74, 6) is -6.87. The third-order valence-electron chi connectivity index (χ3n) is 3.44. The monoisotopic (exact) mass is 681 g/mol. The van der Waals surface area contributed by atoms with Crippen LogP contribution in [0.3, 0.4) is 0 Å². The Morgan fingerprint density at radius 3 is 1.84 bits per heavy atom. The molecule has 2 aromatic carbocycles. The SMILES string of the molecule is CCOC(=O)C(C=NO)=C(O)c1cc(I)c(F)cc1F.O=C(O)c1cc(I)c(F)cc1F. The maximum atomic E-state index is 13.6. The number of aromatic carboxylic acids is 1. The van der Waals surface area contributed by atoms with E-state index in [9.17, 15) is 32.3 Å². The highest BCUT2D eigenvalue weighted by atomic mass is 127. The van der Waals surface area contributed by atoms with Crippen molar-refractivity contribution in [3.63, 3.8) is 0 Å². The summed E-state index contributed by atoms with van der Waals surface area (Å²) in [5.41, 5.74) is -1.46. The Morgan fingerprint density at radius 1 is 0.938 bits per heavy atom. The van der Waals surface area contributed by atoms with Crippen LogP contribution in [0.15, 0.2) is 35.0 Å². The van der Waals surface area contributed by atoms with Crippen molar-refractivity contribution in [2.75, 3.05) is 6.61 Å². The normalized spacial score (nSPS) is 11.5. The maximum absolute atomic E-state index is 13.6. The van der Waals surface area contributed by atoms with Crippen molar-refractivity contribution in [1.29, 1.82) is 0 Å².